The van der Waals surface area contributed by atoms with E-state index in [1.54, 1.807) is 7.11 Å². The average molecular weight is 539 g/mol. The highest BCUT2D eigenvalue weighted by Crippen LogP contribution is 2.45. The summed E-state index contributed by atoms with van der Waals surface area (Å²) in [6.07, 6.45) is 9.92. The van der Waals surface area contributed by atoms with Crippen LogP contribution in [0.3, 0.4) is 0 Å². The Kier molecular flexibility index (Phi) is 10.8. The summed E-state index contributed by atoms with van der Waals surface area (Å²) in [6, 6.07) is 6.43. The first kappa shape index (κ1) is 30.7. The molecule has 0 saturated heterocycles. The molecule has 1 aromatic carbocycles. The molecule has 0 fully saturated rings. The van der Waals surface area contributed by atoms with Gasteiger partial charge < -0.3 is 14.8 Å². The van der Waals surface area contributed by atoms with Crippen LogP contribution in [0, 0.1) is 5.41 Å². The summed E-state index contributed by atoms with van der Waals surface area (Å²) in [5.74, 6) is 0.805. The van der Waals surface area contributed by atoms with E-state index in [4.69, 9.17) is 39.9 Å². The van der Waals surface area contributed by atoms with Crippen molar-refractivity contribution >= 4 is 37.2 Å². The second kappa shape index (κ2) is 12.3. The van der Waals surface area contributed by atoms with Gasteiger partial charge in [-0.3, -0.25) is 5.14 Å². The Morgan fingerprint density at radius 3 is 2.34 bits per heavy atom. The molecular weight excluding hydrogens is 493 g/mol. The quantitative estimate of drug-likeness (QED) is 0.167. The van der Waals surface area contributed by atoms with Gasteiger partial charge >= 0.3 is 0 Å². The normalized spacial score (nSPS) is 19.0. The molecular formula is C28H46N2O2S3. The van der Waals surface area contributed by atoms with Gasteiger partial charge in [-0.1, -0.05) is 38.1 Å². The van der Waals surface area contributed by atoms with Crippen LogP contribution in [-0.4, -0.2) is 41.4 Å². The molecule has 1 aromatic rings. The fourth-order valence-corrected chi connectivity index (χ4v) is 4.83. The van der Waals surface area contributed by atoms with Crippen LogP contribution in [0.2, 0.25) is 0 Å². The van der Waals surface area contributed by atoms with Crippen LogP contribution in [0.25, 0.3) is 0 Å². The van der Waals surface area contributed by atoms with Crippen LogP contribution in [-0.2, 0) is 11.2 Å². The maximum atomic E-state index is 6.57. The van der Waals surface area contributed by atoms with Crippen molar-refractivity contribution in [3.8, 4) is 5.75 Å². The minimum atomic E-state index is -0.469. The van der Waals surface area contributed by atoms with Crippen molar-refractivity contribution in [2.24, 2.45) is 10.6 Å². The third kappa shape index (κ3) is 7.71. The molecule has 0 spiro atoms. The van der Waals surface area contributed by atoms with Gasteiger partial charge in [-0.25, -0.2) is 0 Å². The highest BCUT2D eigenvalue weighted by atomic mass is 32.2. The van der Waals surface area contributed by atoms with Gasteiger partial charge in [0.1, 0.15) is 5.75 Å². The molecule has 0 saturated carbocycles. The molecule has 7 heteroatoms. The molecule has 3 N–H and O–H groups in total. The minimum absolute atomic E-state index is 0.123. The molecule has 3 atom stereocenters. The zero-order valence-corrected chi connectivity index (χ0v) is 25.4. The van der Waals surface area contributed by atoms with Crippen molar-refractivity contribution in [3.05, 3.63) is 47.6 Å². The molecule has 2 rings (SSSR count). The smallest absolute Gasteiger partial charge is 0.133 e. The van der Waals surface area contributed by atoms with Gasteiger partial charge in [0.05, 0.1) is 29.0 Å². The first-order chi connectivity index (χ1) is 16.2. The van der Waals surface area contributed by atoms with Crippen LogP contribution in [0.5, 0.6) is 5.75 Å². The fraction of sp³-hybridized carbons (Fsp3) is 0.643. The number of rotatable bonds is 13. The number of hydrogen-bond donors (Lipinski definition) is 4. The zero-order chi connectivity index (χ0) is 26.5. The number of nitrogens with one attached hydrogen (secondary N) is 1. The van der Waals surface area contributed by atoms with Gasteiger partial charge in [-0.05, 0) is 89.1 Å². The van der Waals surface area contributed by atoms with Gasteiger partial charge in [0.2, 0.25) is 0 Å². The lowest BCUT2D eigenvalue weighted by molar-refractivity contribution is -0.0589. The first-order valence-electron chi connectivity index (χ1n) is 12.4. The number of ether oxygens (including phenoxy) is 2. The summed E-state index contributed by atoms with van der Waals surface area (Å²) in [4.78, 5) is 0.947. The van der Waals surface area contributed by atoms with E-state index in [1.807, 2.05) is 6.07 Å². The Morgan fingerprint density at radius 2 is 1.77 bits per heavy atom. The average Bonchev–Trinajstić information content (AvgIpc) is 2.82. The van der Waals surface area contributed by atoms with E-state index in [1.165, 1.54) is 23.1 Å². The lowest BCUT2D eigenvalue weighted by atomic mass is 9.72. The number of methoxy groups -OCH3 is 1. The Labute approximate surface area is 229 Å². The van der Waals surface area contributed by atoms with Gasteiger partial charge in [0.15, 0.2) is 0 Å². The number of thiol groups is 2. The number of hydrogen-bond acceptors (Lipinski definition) is 7. The highest BCUT2D eigenvalue weighted by molar-refractivity contribution is 7.97. The second-order valence-electron chi connectivity index (χ2n) is 11.2. The van der Waals surface area contributed by atoms with E-state index in [0.717, 1.165) is 29.9 Å². The lowest BCUT2D eigenvalue weighted by Gasteiger charge is -2.47. The third-order valence-electron chi connectivity index (χ3n) is 7.77. The molecule has 198 valence electrons. The van der Waals surface area contributed by atoms with Crippen LogP contribution in [0.4, 0.5) is 0 Å². The van der Waals surface area contributed by atoms with Crippen LogP contribution < -0.4 is 15.2 Å². The predicted octanol–water partition coefficient (Wildman–Crippen LogP) is 6.66. The molecule has 0 radical (unpaired) electrons. The van der Waals surface area contributed by atoms with Gasteiger partial charge in [0.25, 0.3) is 0 Å². The highest BCUT2D eigenvalue weighted by Gasteiger charge is 2.45. The monoisotopic (exact) mass is 538 g/mol. The van der Waals surface area contributed by atoms with E-state index >= 15 is 0 Å². The Balaban J connectivity index is 1.98. The number of allylic oxidation sites excluding steroid dienone is 4. The molecule has 1 aliphatic carbocycles. The molecule has 0 aromatic heterocycles. The summed E-state index contributed by atoms with van der Waals surface area (Å²) in [6.45, 7) is 16.5. The maximum Gasteiger partial charge on any atom is 0.133 e. The number of nitrogens with two attached hydrogens (primary N) is 1. The van der Waals surface area contributed by atoms with Crippen LogP contribution in [0.15, 0.2) is 46.9 Å². The van der Waals surface area contributed by atoms with Crippen molar-refractivity contribution in [3.63, 3.8) is 0 Å². The molecule has 1 aliphatic rings. The largest absolute Gasteiger partial charge is 0.496 e. The molecule has 0 heterocycles. The SMILES string of the molecule is COc1ccc(CC(C)NCC(C)(S)C(C)(C)OCC(C)(S)C(C)(C)C2=CCCC=C2)cc1SN. The summed E-state index contributed by atoms with van der Waals surface area (Å²) >= 11 is 11.4. The topological polar surface area (TPSA) is 56.5 Å². The molecule has 0 bridgehead atoms. The third-order valence-corrected chi connectivity index (χ3v) is 9.72. The van der Waals surface area contributed by atoms with E-state index in [-0.39, 0.29) is 16.2 Å². The van der Waals surface area contributed by atoms with Gasteiger partial charge in [-0.15, -0.1) is 0 Å². The fourth-order valence-electron chi connectivity index (χ4n) is 4.00. The predicted molar refractivity (Wildman–Crippen MR) is 159 cm³/mol. The van der Waals surface area contributed by atoms with Crippen molar-refractivity contribution < 1.29 is 9.47 Å². The van der Waals surface area contributed by atoms with E-state index in [9.17, 15) is 0 Å². The van der Waals surface area contributed by atoms with Crippen molar-refractivity contribution in [2.75, 3.05) is 20.3 Å². The Hall–Kier alpha value is -0.570. The standard InChI is InChI=1S/C28H46N2O2S3/c1-20(16-21-14-15-23(31-8)24(17-21)35-29)30-18-27(6,33)26(4,5)32-19-28(7,34)25(2,3)22-12-10-9-11-13-22/h10,12-15,17,20,30,33-34H,9,11,16,18-19,29H2,1-8H3. The maximum absolute atomic E-state index is 6.57. The lowest BCUT2D eigenvalue weighted by Crippen LogP contribution is -2.55. The Bertz CT molecular complexity index is 907. The van der Waals surface area contributed by atoms with Crippen molar-refractivity contribution in [1.29, 1.82) is 0 Å². The summed E-state index contributed by atoms with van der Waals surface area (Å²) in [7, 11) is 1.66. The summed E-state index contributed by atoms with van der Waals surface area (Å²) < 4.78 is 11.2. The van der Waals surface area contributed by atoms with Crippen LogP contribution >= 0.6 is 37.2 Å². The summed E-state index contributed by atoms with van der Waals surface area (Å²) in [5.41, 5.74) is 1.96. The van der Waals surface area contributed by atoms with E-state index < -0.39 is 10.3 Å². The first-order valence-corrected chi connectivity index (χ1v) is 14.2. The minimum Gasteiger partial charge on any atom is -0.496 e. The van der Waals surface area contributed by atoms with E-state index in [0.29, 0.717) is 13.2 Å². The Morgan fingerprint density at radius 1 is 1.09 bits per heavy atom. The zero-order valence-electron chi connectivity index (χ0n) is 22.8. The van der Waals surface area contributed by atoms with Gasteiger partial charge in [-0.2, -0.15) is 25.3 Å². The summed E-state index contributed by atoms with van der Waals surface area (Å²) in [5, 5.41) is 9.46. The number of benzene rings is 1. The van der Waals surface area contributed by atoms with Crippen molar-refractivity contribution in [2.45, 2.75) is 93.8 Å². The molecule has 3 unspecified atom stereocenters. The molecule has 0 amide bonds. The second-order valence-corrected chi connectivity index (χ2v) is 13.8. The van der Waals surface area contributed by atoms with E-state index in [2.05, 4.69) is 84.1 Å². The molecule has 35 heavy (non-hydrogen) atoms. The molecule has 4 nitrogen and oxygen atoms in total. The van der Waals surface area contributed by atoms with Crippen molar-refractivity contribution in [1.82, 2.24) is 5.32 Å². The van der Waals surface area contributed by atoms with Gasteiger partial charge in [0, 0.05) is 22.7 Å². The molecule has 0 aliphatic heterocycles. The van der Waals surface area contributed by atoms with Crippen LogP contribution in [0.1, 0.15) is 66.9 Å².